The van der Waals surface area contributed by atoms with Gasteiger partial charge in [0.1, 0.15) is 0 Å². The van der Waals surface area contributed by atoms with Crippen LogP contribution in [0.15, 0.2) is 0 Å². The zero-order valence-electron chi connectivity index (χ0n) is 15.4. The molecule has 0 atom stereocenters. The van der Waals surface area contributed by atoms with Crippen molar-refractivity contribution in [2.45, 2.75) is 57.5 Å². The fraction of sp³-hybridized carbons (Fsp3) is 0.947. The third kappa shape index (κ3) is 4.93. The smallest absolute Gasteiger partial charge is 0.236 e. The van der Waals surface area contributed by atoms with Gasteiger partial charge in [0.05, 0.1) is 12.1 Å². The summed E-state index contributed by atoms with van der Waals surface area (Å²) in [4.78, 5) is 19.1. The van der Waals surface area contributed by atoms with Crippen LogP contribution >= 0.6 is 0 Å². The van der Waals surface area contributed by atoms with Crippen molar-refractivity contribution in [3.05, 3.63) is 0 Å². The highest BCUT2D eigenvalue weighted by Crippen LogP contribution is 2.32. The molecule has 1 N–H and O–H groups in total. The number of β-amino-alcohol motifs (C(OH)–C–C–N with tert-alkyl or cyclic N) is 1. The molecule has 1 saturated carbocycles. The maximum absolute atomic E-state index is 12.4. The van der Waals surface area contributed by atoms with Gasteiger partial charge in [0.2, 0.25) is 5.91 Å². The molecule has 2 aliphatic heterocycles. The van der Waals surface area contributed by atoms with Crippen molar-refractivity contribution in [2.75, 3.05) is 52.4 Å². The molecule has 5 nitrogen and oxygen atoms in total. The molecule has 0 aromatic rings. The van der Waals surface area contributed by atoms with E-state index in [0.29, 0.717) is 12.5 Å². The lowest BCUT2D eigenvalue weighted by atomic mass is 9.79. The minimum atomic E-state index is -0.474. The highest BCUT2D eigenvalue weighted by atomic mass is 16.3. The number of hydrogen-bond acceptors (Lipinski definition) is 4. The van der Waals surface area contributed by atoms with Gasteiger partial charge in [-0.3, -0.25) is 14.6 Å². The van der Waals surface area contributed by atoms with Gasteiger partial charge in [0, 0.05) is 45.8 Å². The van der Waals surface area contributed by atoms with Crippen LogP contribution in [0.3, 0.4) is 0 Å². The van der Waals surface area contributed by atoms with Gasteiger partial charge in [-0.15, -0.1) is 0 Å². The quantitative estimate of drug-likeness (QED) is 0.846. The molecule has 2 heterocycles. The molecule has 1 aliphatic carbocycles. The Morgan fingerprint density at radius 2 is 1.54 bits per heavy atom. The Morgan fingerprint density at radius 1 is 0.958 bits per heavy atom. The minimum absolute atomic E-state index is 0.308. The number of amides is 1. The van der Waals surface area contributed by atoms with Gasteiger partial charge in [-0.2, -0.15) is 0 Å². The summed E-state index contributed by atoms with van der Waals surface area (Å²) in [6.07, 6.45) is 7.79. The molecule has 0 unspecified atom stereocenters. The van der Waals surface area contributed by atoms with E-state index in [9.17, 15) is 9.90 Å². The largest absolute Gasteiger partial charge is 0.389 e. The molecule has 3 aliphatic rings. The van der Waals surface area contributed by atoms with Gasteiger partial charge in [0.25, 0.3) is 0 Å². The van der Waals surface area contributed by atoms with Crippen LogP contribution in [0.2, 0.25) is 0 Å². The highest BCUT2D eigenvalue weighted by Gasteiger charge is 2.34. The number of piperidine rings is 1. The molecule has 0 spiro atoms. The monoisotopic (exact) mass is 337 g/mol. The van der Waals surface area contributed by atoms with Gasteiger partial charge in [-0.25, -0.2) is 0 Å². The number of carbonyl (C=O) groups is 1. The van der Waals surface area contributed by atoms with Crippen LogP contribution in [0, 0.1) is 5.92 Å². The number of piperazine rings is 1. The molecule has 2 saturated heterocycles. The van der Waals surface area contributed by atoms with Gasteiger partial charge < -0.3 is 10.0 Å². The maximum Gasteiger partial charge on any atom is 0.236 e. The zero-order chi connectivity index (χ0) is 17.0. The second-order valence-corrected chi connectivity index (χ2v) is 8.40. The van der Waals surface area contributed by atoms with Crippen molar-refractivity contribution >= 4 is 5.91 Å². The molecular weight excluding hydrogens is 302 g/mol. The highest BCUT2D eigenvalue weighted by molar-refractivity contribution is 5.78. The number of aliphatic hydroxyl groups is 1. The van der Waals surface area contributed by atoms with Crippen molar-refractivity contribution in [1.82, 2.24) is 14.7 Å². The van der Waals surface area contributed by atoms with E-state index in [1.807, 2.05) is 4.90 Å². The standard InChI is InChI=1S/C19H35N3O2/c1-17-5-7-19(24,8-6-17)16-21-13-11-20(12-14-21)15-18(23)22-9-3-2-4-10-22/h17,24H,2-16H2,1H3. The van der Waals surface area contributed by atoms with Crippen LogP contribution < -0.4 is 0 Å². The normalized spacial score (nSPS) is 33.6. The topological polar surface area (TPSA) is 47.0 Å². The van der Waals surface area contributed by atoms with E-state index in [4.69, 9.17) is 0 Å². The summed E-state index contributed by atoms with van der Waals surface area (Å²) in [5.41, 5.74) is -0.474. The molecule has 3 fully saturated rings. The molecule has 0 aromatic heterocycles. The summed E-state index contributed by atoms with van der Waals surface area (Å²) >= 11 is 0. The first kappa shape index (κ1) is 18.2. The van der Waals surface area contributed by atoms with Crippen LogP contribution in [-0.4, -0.2) is 83.7 Å². The second kappa shape index (κ2) is 8.15. The van der Waals surface area contributed by atoms with E-state index < -0.39 is 5.60 Å². The van der Waals surface area contributed by atoms with E-state index >= 15 is 0 Å². The van der Waals surface area contributed by atoms with Crippen molar-refractivity contribution in [3.8, 4) is 0 Å². The van der Waals surface area contributed by atoms with Crippen LogP contribution in [0.4, 0.5) is 0 Å². The number of nitrogens with zero attached hydrogens (tertiary/aromatic N) is 3. The van der Waals surface area contributed by atoms with Crippen LogP contribution in [0.25, 0.3) is 0 Å². The first-order valence-corrected chi connectivity index (χ1v) is 9.99. The number of carbonyl (C=O) groups excluding carboxylic acids is 1. The Morgan fingerprint density at radius 3 is 2.17 bits per heavy atom. The zero-order valence-corrected chi connectivity index (χ0v) is 15.4. The van der Waals surface area contributed by atoms with Crippen LogP contribution in [0.5, 0.6) is 0 Å². The van der Waals surface area contributed by atoms with Crippen molar-refractivity contribution in [2.24, 2.45) is 5.92 Å². The van der Waals surface area contributed by atoms with E-state index in [-0.39, 0.29) is 0 Å². The fourth-order valence-corrected chi connectivity index (χ4v) is 4.41. The first-order valence-electron chi connectivity index (χ1n) is 9.99. The Labute approximate surface area is 147 Å². The molecule has 24 heavy (non-hydrogen) atoms. The number of hydrogen-bond donors (Lipinski definition) is 1. The molecule has 5 heteroatoms. The van der Waals surface area contributed by atoms with Gasteiger partial charge in [0.15, 0.2) is 0 Å². The molecular formula is C19H35N3O2. The van der Waals surface area contributed by atoms with E-state index in [2.05, 4.69) is 16.7 Å². The third-order valence-corrected chi connectivity index (χ3v) is 6.26. The minimum Gasteiger partial charge on any atom is -0.389 e. The molecule has 1 amide bonds. The third-order valence-electron chi connectivity index (χ3n) is 6.26. The molecule has 0 aromatic carbocycles. The lowest BCUT2D eigenvalue weighted by Gasteiger charge is -2.42. The Hall–Kier alpha value is -0.650. The Bertz CT molecular complexity index is 407. The predicted octanol–water partition coefficient (Wildman–Crippen LogP) is 1.56. The average molecular weight is 338 g/mol. The number of rotatable bonds is 4. The van der Waals surface area contributed by atoms with Gasteiger partial charge >= 0.3 is 0 Å². The maximum atomic E-state index is 12.4. The van der Waals surface area contributed by atoms with Gasteiger partial charge in [-0.1, -0.05) is 6.92 Å². The van der Waals surface area contributed by atoms with E-state index in [0.717, 1.165) is 90.3 Å². The SMILES string of the molecule is CC1CCC(O)(CN2CCN(CC(=O)N3CCCCC3)CC2)CC1. The van der Waals surface area contributed by atoms with E-state index in [1.54, 1.807) is 0 Å². The van der Waals surface area contributed by atoms with Crippen molar-refractivity contribution in [3.63, 3.8) is 0 Å². The molecule has 0 bridgehead atoms. The Kier molecular flexibility index (Phi) is 6.17. The number of likely N-dealkylation sites (tertiary alicyclic amines) is 1. The molecule has 0 radical (unpaired) electrons. The molecule has 138 valence electrons. The van der Waals surface area contributed by atoms with Gasteiger partial charge in [-0.05, 0) is 50.9 Å². The summed E-state index contributed by atoms with van der Waals surface area (Å²) in [6, 6.07) is 0. The lowest BCUT2D eigenvalue weighted by Crippen LogP contribution is -2.54. The summed E-state index contributed by atoms with van der Waals surface area (Å²) in [7, 11) is 0. The fourth-order valence-electron chi connectivity index (χ4n) is 4.41. The summed E-state index contributed by atoms with van der Waals surface area (Å²) in [5, 5.41) is 10.8. The lowest BCUT2D eigenvalue weighted by molar-refractivity contribution is -0.134. The average Bonchev–Trinajstić information content (AvgIpc) is 2.60. The van der Waals surface area contributed by atoms with Crippen molar-refractivity contribution < 1.29 is 9.90 Å². The summed E-state index contributed by atoms with van der Waals surface area (Å²) < 4.78 is 0. The summed E-state index contributed by atoms with van der Waals surface area (Å²) in [6.45, 7) is 9.43. The van der Waals surface area contributed by atoms with Crippen LogP contribution in [-0.2, 0) is 4.79 Å². The summed E-state index contributed by atoms with van der Waals surface area (Å²) in [5.74, 6) is 1.07. The Balaban J connectivity index is 1.38. The first-order chi connectivity index (χ1) is 11.5. The molecule has 3 rings (SSSR count). The second-order valence-electron chi connectivity index (χ2n) is 8.40. The van der Waals surface area contributed by atoms with Crippen LogP contribution in [0.1, 0.15) is 51.9 Å². The van der Waals surface area contributed by atoms with Crippen molar-refractivity contribution in [1.29, 1.82) is 0 Å². The predicted molar refractivity (Wildman–Crippen MR) is 95.9 cm³/mol. The van der Waals surface area contributed by atoms with E-state index in [1.165, 1.54) is 6.42 Å².